The molecule has 0 aromatic heterocycles. The van der Waals surface area contributed by atoms with Crippen molar-refractivity contribution in [2.45, 2.75) is 99.4 Å². The second-order valence-corrected chi connectivity index (χ2v) is 57.2. The molecule has 0 amide bonds. The van der Waals surface area contributed by atoms with E-state index in [1.807, 2.05) is 0 Å². The van der Waals surface area contributed by atoms with Crippen LogP contribution in [-0.2, 0) is 28.4 Å². The van der Waals surface area contributed by atoms with E-state index in [4.69, 9.17) is 17.0 Å². The molecule has 2 aliphatic rings. The molecule has 2 unspecified atom stereocenters. The van der Waals surface area contributed by atoms with Crippen LogP contribution in [0.4, 0.5) is 0 Å². The molecule has 48 heavy (non-hydrogen) atoms. The van der Waals surface area contributed by atoms with E-state index in [1.165, 1.54) is 66.8 Å². The summed E-state index contributed by atoms with van der Waals surface area (Å²) < 4.78 is 0.257. The van der Waals surface area contributed by atoms with Gasteiger partial charge in [0.05, 0.1) is 0 Å². The maximum atomic E-state index is 8.72. The average Bonchev–Trinajstić information content (AvgIpc) is 3.65. The fraction of sp³-hybridized carbons (Fsp3) is 0.364. The number of allylic oxidation sites excluding steroid dienone is 2. The molecule has 0 heterocycles. The van der Waals surface area contributed by atoms with Gasteiger partial charge in [-0.2, -0.15) is 0 Å². The zero-order valence-electron chi connectivity index (χ0n) is 29.9. The van der Waals surface area contributed by atoms with Crippen molar-refractivity contribution in [3.05, 3.63) is 129 Å². The van der Waals surface area contributed by atoms with Gasteiger partial charge >= 0.3 is 302 Å². The van der Waals surface area contributed by atoms with Crippen molar-refractivity contribution in [3.63, 3.8) is 0 Å². The van der Waals surface area contributed by atoms with E-state index >= 15 is 0 Å². The number of aryl methyl sites for hydroxylation is 2. The van der Waals surface area contributed by atoms with Gasteiger partial charge in [-0.15, -0.1) is 0 Å². The molecular weight excluding hydrogens is 719 g/mol. The van der Waals surface area contributed by atoms with Crippen LogP contribution in [0.5, 0.6) is 0 Å². The Morgan fingerprint density at radius 2 is 0.896 bits per heavy atom. The molecule has 4 heteroatoms. The summed E-state index contributed by atoms with van der Waals surface area (Å²) in [6, 6.07) is 32.4. The molecule has 4 aromatic rings. The predicted octanol–water partition coefficient (Wildman–Crippen LogP) is 14.1. The molecular formula is C44H53Cl2SiZr. The van der Waals surface area contributed by atoms with E-state index in [9.17, 15) is 0 Å². The summed E-state index contributed by atoms with van der Waals surface area (Å²) in [6.45, 7) is 14.1. The van der Waals surface area contributed by atoms with Crippen LogP contribution >= 0.6 is 17.0 Å². The van der Waals surface area contributed by atoms with Gasteiger partial charge < -0.3 is 0 Å². The van der Waals surface area contributed by atoms with Crippen LogP contribution in [0.25, 0.3) is 34.4 Å². The van der Waals surface area contributed by atoms with E-state index in [2.05, 4.69) is 138 Å². The molecule has 0 saturated heterocycles. The van der Waals surface area contributed by atoms with Gasteiger partial charge in [0.25, 0.3) is 0 Å². The van der Waals surface area contributed by atoms with Crippen LogP contribution in [0, 0.1) is 0 Å². The van der Waals surface area contributed by atoms with Crippen molar-refractivity contribution < 1.29 is 15.6 Å². The SMILES string of the molecule is CCCC1=Cc2c(-c3ccc(CCC)cc3)cccc2[CH]1[Zr]([Cl])([Cl])([CH]1C(CCC)=Cc2c(-c3ccc(CCC)cc3)cccc21)[SiH](C)C. The standard InChI is InChI=1S/2C21H23.C2H7Si.2ClH.Zr/c2*1-3-6-16-10-12-18(13-11-16)20-9-5-8-19-14-17(7-4-2)15-21(19)20;1-3-2;;;/h2*5,8-15H,3-4,6-7H2,1-2H3;3H,1-2H3;2*1H;/q;;;;;+2/p-2. The van der Waals surface area contributed by atoms with Crippen LogP contribution in [0.3, 0.4) is 0 Å². The third-order valence-corrected chi connectivity index (χ3v) is 63.0. The summed E-state index contributed by atoms with van der Waals surface area (Å²) in [5.74, 6) is -1.62. The fourth-order valence-corrected chi connectivity index (χ4v) is 40.4. The Hall–Kier alpha value is -1.96. The van der Waals surface area contributed by atoms with Crippen molar-refractivity contribution >= 4 is 35.1 Å². The van der Waals surface area contributed by atoms with Gasteiger partial charge in [-0.3, -0.25) is 0 Å². The normalized spacial score (nSPS) is 17.9. The minimum absolute atomic E-state index is 0.129. The van der Waals surface area contributed by atoms with Crippen LogP contribution < -0.4 is 0 Å². The molecule has 251 valence electrons. The number of fused-ring (bicyclic) bond motifs is 2. The molecule has 0 spiro atoms. The van der Waals surface area contributed by atoms with E-state index in [0.717, 1.165) is 51.4 Å². The summed E-state index contributed by atoms with van der Waals surface area (Å²) in [4.78, 5) is 0. The van der Waals surface area contributed by atoms with Crippen molar-refractivity contribution in [1.82, 2.24) is 0 Å². The van der Waals surface area contributed by atoms with Gasteiger partial charge in [0.1, 0.15) is 0 Å². The molecule has 6 rings (SSSR count). The Balaban J connectivity index is 1.53. The Labute approximate surface area is 299 Å². The van der Waals surface area contributed by atoms with Crippen molar-refractivity contribution in [1.29, 1.82) is 0 Å². The van der Waals surface area contributed by atoms with Crippen LogP contribution in [0.1, 0.15) is 107 Å². The second kappa shape index (κ2) is 14.7. The van der Waals surface area contributed by atoms with Crippen molar-refractivity contribution in [3.8, 4) is 22.3 Å². The first-order valence-electron chi connectivity index (χ1n) is 18.6. The molecule has 0 saturated carbocycles. The second-order valence-electron chi connectivity index (χ2n) is 14.7. The molecule has 0 N–H and O–H groups in total. The predicted molar refractivity (Wildman–Crippen MR) is 214 cm³/mol. The van der Waals surface area contributed by atoms with Gasteiger partial charge in [-0.1, -0.05) is 0 Å². The topological polar surface area (TPSA) is 0 Å². The van der Waals surface area contributed by atoms with E-state index < -0.39 is 21.5 Å². The number of halogens is 2. The first-order valence-corrected chi connectivity index (χ1v) is 34.9. The Bertz CT molecular complexity index is 1700. The molecule has 2 atom stereocenters. The van der Waals surface area contributed by atoms with Gasteiger partial charge in [0.15, 0.2) is 0 Å². The van der Waals surface area contributed by atoms with Crippen LogP contribution in [-0.4, -0.2) is 5.92 Å². The van der Waals surface area contributed by atoms with Crippen molar-refractivity contribution in [2.75, 3.05) is 0 Å². The zero-order chi connectivity index (χ0) is 34.1. The summed E-state index contributed by atoms with van der Waals surface area (Å²) >= 11 is -4.81. The first-order chi connectivity index (χ1) is 23.2. The fourth-order valence-electron chi connectivity index (χ4n) is 8.86. The number of hydrogen-bond donors (Lipinski definition) is 0. The van der Waals surface area contributed by atoms with Gasteiger partial charge in [-0.25, -0.2) is 0 Å². The molecule has 0 aliphatic heterocycles. The third-order valence-electron chi connectivity index (χ3n) is 11.2. The summed E-state index contributed by atoms with van der Waals surface area (Å²) in [7, 11) is 17.4. The molecule has 0 nitrogen and oxygen atoms in total. The van der Waals surface area contributed by atoms with Gasteiger partial charge in [-0.05, 0) is 0 Å². The number of rotatable bonds is 13. The van der Waals surface area contributed by atoms with E-state index in [-0.39, 0.29) is 7.25 Å². The van der Waals surface area contributed by atoms with Gasteiger partial charge in [0.2, 0.25) is 0 Å². The summed E-state index contributed by atoms with van der Waals surface area (Å²) in [5, 5.41) is 0. The van der Waals surface area contributed by atoms with Gasteiger partial charge in [0, 0.05) is 0 Å². The first kappa shape index (κ1) is 35.9. The van der Waals surface area contributed by atoms with Crippen molar-refractivity contribution in [2.24, 2.45) is 0 Å². The quantitative estimate of drug-likeness (QED) is 0.119. The molecule has 0 fully saturated rings. The van der Waals surface area contributed by atoms with Crippen LogP contribution in [0.15, 0.2) is 96.1 Å². The maximum absolute atomic E-state index is 8.72. The Morgan fingerprint density at radius 1 is 0.521 bits per heavy atom. The average molecular weight is 772 g/mol. The Kier molecular flexibility index (Phi) is 11.0. The molecule has 0 radical (unpaired) electrons. The van der Waals surface area contributed by atoms with E-state index in [0.29, 0.717) is 0 Å². The van der Waals surface area contributed by atoms with Crippen LogP contribution in [0.2, 0.25) is 13.1 Å². The number of benzene rings is 4. The summed E-state index contributed by atoms with van der Waals surface area (Å²) in [6.07, 6.45) is 13.8. The molecule has 4 aromatic carbocycles. The molecule has 0 bridgehead atoms. The molecule has 2 aliphatic carbocycles. The monoisotopic (exact) mass is 769 g/mol. The van der Waals surface area contributed by atoms with E-state index in [1.54, 1.807) is 0 Å². The zero-order valence-corrected chi connectivity index (χ0v) is 35.0. The minimum atomic E-state index is -4.81. The Morgan fingerprint density at radius 3 is 1.23 bits per heavy atom. The summed E-state index contributed by atoms with van der Waals surface area (Å²) in [5.41, 5.74) is 16.4. The third kappa shape index (κ3) is 6.27. The number of hydrogen-bond acceptors (Lipinski definition) is 0.